The Morgan fingerprint density at radius 3 is 2.00 bits per heavy atom. The van der Waals surface area contributed by atoms with E-state index in [0.717, 1.165) is 15.8 Å². The zero-order valence-corrected chi connectivity index (χ0v) is 22.1. The van der Waals surface area contributed by atoms with Gasteiger partial charge in [-0.15, -0.1) is 0 Å². The molecule has 1 unspecified atom stereocenters. The van der Waals surface area contributed by atoms with Gasteiger partial charge in [0.15, 0.2) is 0 Å². The van der Waals surface area contributed by atoms with Crippen molar-refractivity contribution in [3.63, 3.8) is 0 Å². The van der Waals surface area contributed by atoms with E-state index in [0.29, 0.717) is 21.7 Å². The predicted octanol–water partition coefficient (Wildman–Crippen LogP) is 7.11. The molecular formula is C27H40Sn. The summed E-state index contributed by atoms with van der Waals surface area (Å²) in [6, 6.07) is 11.9. The zero-order valence-electron chi connectivity index (χ0n) is 19.2. The predicted molar refractivity (Wildman–Crippen MR) is 123 cm³/mol. The molecule has 0 spiro atoms. The Morgan fingerprint density at radius 2 is 1.54 bits per heavy atom. The van der Waals surface area contributed by atoms with Gasteiger partial charge in [-0.25, -0.2) is 0 Å². The molecular weight excluding hydrogens is 443 g/mol. The molecule has 1 aromatic rings. The summed E-state index contributed by atoms with van der Waals surface area (Å²) in [7, 11) is 0. The average molecular weight is 483 g/mol. The molecule has 3 saturated carbocycles. The summed E-state index contributed by atoms with van der Waals surface area (Å²) in [5.41, 5.74) is 1.92. The number of allylic oxidation sites excluding steroid dienone is 2. The van der Waals surface area contributed by atoms with Gasteiger partial charge in [-0.3, -0.25) is 0 Å². The fourth-order valence-electron chi connectivity index (χ4n) is 8.85. The summed E-state index contributed by atoms with van der Waals surface area (Å²) < 4.78 is 4.74. The van der Waals surface area contributed by atoms with Crippen LogP contribution in [0.3, 0.4) is 0 Å². The van der Waals surface area contributed by atoms with E-state index in [1.54, 1.807) is 3.58 Å². The van der Waals surface area contributed by atoms with Gasteiger partial charge in [0.05, 0.1) is 0 Å². The van der Waals surface area contributed by atoms with Crippen molar-refractivity contribution in [3.05, 3.63) is 40.0 Å². The first-order valence-electron chi connectivity index (χ1n) is 11.8. The molecule has 152 valence electrons. The maximum absolute atomic E-state index is 2.86. The molecule has 1 aromatic carbocycles. The van der Waals surface area contributed by atoms with Crippen LogP contribution in [0.15, 0.2) is 40.0 Å². The molecule has 0 saturated heterocycles. The molecule has 0 aliphatic heterocycles. The van der Waals surface area contributed by atoms with Crippen molar-refractivity contribution in [1.82, 2.24) is 0 Å². The van der Waals surface area contributed by atoms with Crippen molar-refractivity contribution in [2.45, 2.75) is 82.5 Å². The Bertz CT molecular complexity index is 833. The first-order chi connectivity index (χ1) is 13.0. The van der Waals surface area contributed by atoms with Crippen molar-refractivity contribution in [2.75, 3.05) is 0 Å². The Labute approximate surface area is 177 Å². The van der Waals surface area contributed by atoms with E-state index in [1.165, 1.54) is 32.1 Å². The van der Waals surface area contributed by atoms with Gasteiger partial charge in [0.1, 0.15) is 0 Å². The average Bonchev–Trinajstić information content (AvgIpc) is 3.19. The summed E-state index contributed by atoms with van der Waals surface area (Å²) >= 11 is -2.84. The molecule has 0 radical (unpaired) electrons. The van der Waals surface area contributed by atoms with Crippen LogP contribution in [0, 0.1) is 33.5 Å². The molecule has 0 N–H and O–H groups in total. The third-order valence-corrected chi connectivity index (χ3v) is 27.8. The van der Waals surface area contributed by atoms with Crippen LogP contribution in [0.2, 0.25) is 8.87 Å². The van der Waals surface area contributed by atoms with E-state index in [1.807, 2.05) is 3.59 Å². The Morgan fingerprint density at radius 1 is 0.857 bits per heavy atom. The van der Waals surface area contributed by atoms with Crippen LogP contribution in [-0.4, -0.2) is 18.4 Å². The van der Waals surface area contributed by atoms with Crippen molar-refractivity contribution < 1.29 is 0 Å². The van der Waals surface area contributed by atoms with Gasteiger partial charge in [0.2, 0.25) is 0 Å². The van der Waals surface area contributed by atoms with Gasteiger partial charge in [0.25, 0.3) is 0 Å². The Hall–Kier alpha value is -0.241. The number of rotatable bonds is 3. The third kappa shape index (κ3) is 2.05. The van der Waals surface area contributed by atoms with Gasteiger partial charge in [-0.05, 0) is 0 Å². The van der Waals surface area contributed by atoms with Crippen molar-refractivity contribution in [3.8, 4) is 0 Å². The van der Waals surface area contributed by atoms with E-state index in [4.69, 9.17) is 0 Å². The van der Waals surface area contributed by atoms with Crippen LogP contribution in [0.5, 0.6) is 0 Å². The first kappa shape index (κ1) is 19.7. The molecule has 3 fully saturated rings. The molecule has 6 atom stereocenters. The standard InChI is InChI=1S/C10H17.C10H15.C6H5.CH3.Sn/c2*1-9(2)8-4-6-10(9,3)7-5-8;1-2-4-6-5-3-1;;/h6,8H,4-5,7H2,1-3H3;4,8H,5,7H2,1-3H3;1-5H;1H3;/t2*8-,10+;;;/m00.../s1. The summed E-state index contributed by atoms with van der Waals surface area (Å²) in [6.45, 7) is 15.7. The summed E-state index contributed by atoms with van der Waals surface area (Å²) in [6.07, 6.45) is 10.1. The summed E-state index contributed by atoms with van der Waals surface area (Å²) in [5.74, 6) is 1.76. The van der Waals surface area contributed by atoms with Gasteiger partial charge >= 0.3 is 178 Å². The van der Waals surface area contributed by atoms with Gasteiger partial charge < -0.3 is 0 Å². The second-order valence-corrected chi connectivity index (χ2v) is 24.5. The topological polar surface area (TPSA) is 0 Å². The second-order valence-electron chi connectivity index (χ2n) is 12.5. The van der Waals surface area contributed by atoms with Crippen LogP contribution in [0.4, 0.5) is 0 Å². The minimum absolute atomic E-state index is 0.431. The molecule has 0 heterocycles. The molecule has 0 aromatic heterocycles. The second kappa shape index (κ2) is 5.71. The SMILES string of the molecule is CC1(C)[C@H]2C=[C]([Sn]([CH3])([c]3ccccc3)[C@H]3C[C@H]4CC[C@]3(C)C4(C)C)[C@]1(C)CC2. The maximum atomic E-state index is 2.86. The van der Waals surface area contributed by atoms with E-state index in [-0.39, 0.29) is 0 Å². The van der Waals surface area contributed by atoms with E-state index >= 15 is 0 Å². The van der Waals surface area contributed by atoms with Crippen molar-refractivity contribution >= 4 is 22.0 Å². The Kier molecular flexibility index (Phi) is 4.02. The number of hydrogen-bond donors (Lipinski definition) is 0. The minimum atomic E-state index is -2.84. The van der Waals surface area contributed by atoms with E-state index in [2.05, 4.69) is 82.9 Å². The monoisotopic (exact) mass is 484 g/mol. The van der Waals surface area contributed by atoms with Crippen molar-refractivity contribution in [1.29, 1.82) is 0 Å². The molecule has 4 aliphatic rings. The zero-order chi connectivity index (χ0) is 20.2. The quantitative estimate of drug-likeness (QED) is 0.402. The fraction of sp³-hybridized carbons (Fsp3) is 0.704. The van der Waals surface area contributed by atoms with E-state index in [9.17, 15) is 0 Å². The Balaban J connectivity index is 1.71. The number of hydrogen-bond acceptors (Lipinski definition) is 0. The van der Waals surface area contributed by atoms with Crippen molar-refractivity contribution in [2.24, 2.45) is 33.5 Å². The molecule has 0 nitrogen and oxygen atoms in total. The molecule has 1 heteroatoms. The fourth-order valence-corrected chi connectivity index (χ4v) is 27.9. The summed E-state index contributed by atoms with van der Waals surface area (Å²) in [4.78, 5) is 2.85. The molecule has 28 heavy (non-hydrogen) atoms. The molecule has 4 bridgehead atoms. The van der Waals surface area contributed by atoms with Crippen LogP contribution >= 0.6 is 0 Å². The van der Waals surface area contributed by atoms with E-state index < -0.39 is 18.4 Å². The number of benzene rings is 1. The van der Waals surface area contributed by atoms with Crippen LogP contribution in [-0.2, 0) is 0 Å². The van der Waals surface area contributed by atoms with Gasteiger partial charge in [-0.1, -0.05) is 0 Å². The molecule has 0 amide bonds. The summed E-state index contributed by atoms with van der Waals surface area (Å²) in [5, 5.41) is 0. The normalized spacial score (nSPS) is 44.5. The first-order valence-corrected chi connectivity index (χ1v) is 19.1. The number of fused-ring (bicyclic) bond motifs is 4. The van der Waals surface area contributed by atoms with Crippen LogP contribution in [0.1, 0.15) is 73.6 Å². The van der Waals surface area contributed by atoms with Crippen LogP contribution < -0.4 is 3.58 Å². The van der Waals surface area contributed by atoms with Crippen LogP contribution in [0.25, 0.3) is 0 Å². The molecule has 5 rings (SSSR count). The van der Waals surface area contributed by atoms with Gasteiger partial charge in [0, 0.05) is 0 Å². The van der Waals surface area contributed by atoms with Gasteiger partial charge in [-0.2, -0.15) is 0 Å². The third-order valence-electron chi connectivity index (χ3n) is 11.7. The molecule has 4 aliphatic carbocycles.